The summed E-state index contributed by atoms with van der Waals surface area (Å²) in [5.41, 5.74) is 4.84. The van der Waals surface area contributed by atoms with Crippen LogP contribution in [0.3, 0.4) is 0 Å². The number of morpholine rings is 1. The van der Waals surface area contributed by atoms with Gasteiger partial charge in [-0.1, -0.05) is 36.1 Å². The van der Waals surface area contributed by atoms with Gasteiger partial charge in [-0.05, 0) is 47.5 Å². The molecule has 0 radical (unpaired) electrons. The van der Waals surface area contributed by atoms with Gasteiger partial charge in [0.2, 0.25) is 5.91 Å². The van der Waals surface area contributed by atoms with Gasteiger partial charge in [-0.15, -0.1) is 0 Å². The first-order valence-corrected chi connectivity index (χ1v) is 11.6. The zero-order valence-electron chi connectivity index (χ0n) is 20.1. The van der Waals surface area contributed by atoms with Gasteiger partial charge in [0.15, 0.2) is 0 Å². The Balaban J connectivity index is 1.52. The number of carbonyl (C=O) groups excluding carboxylic acids is 3. The summed E-state index contributed by atoms with van der Waals surface area (Å²) >= 11 is 0. The van der Waals surface area contributed by atoms with Crippen molar-refractivity contribution in [3.8, 4) is 11.8 Å². The summed E-state index contributed by atoms with van der Waals surface area (Å²) in [7, 11) is 0. The van der Waals surface area contributed by atoms with E-state index < -0.39 is 17.9 Å². The Kier molecular flexibility index (Phi) is 10.2. The topological polar surface area (TPSA) is 120 Å². The van der Waals surface area contributed by atoms with Gasteiger partial charge in [0.1, 0.15) is 6.04 Å². The molecule has 0 saturated carbocycles. The minimum Gasteiger partial charge on any atom is -0.379 e. The fraction of sp³-hybridized carbons (Fsp3) is 0.296. The molecule has 3 rings (SSSR count). The summed E-state index contributed by atoms with van der Waals surface area (Å²) < 4.78 is 5.38. The molecular weight excluding hydrogens is 460 g/mol. The second kappa shape index (κ2) is 13.8. The number of benzene rings is 2. The fourth-order valence-corrected chi connectivity index (χ4v) is 3.49. The molecular formula is C27H30N4O5. The predicted molar refractivity (Wildman–Crippen MR) is 135 cm³/mol. The van der Waals surface area contributed by atoms with Gasteiger partial charge in [0.05, 0.1) is 13.2 Å². The number of nitrogens with one attached hydrogen (secondary N) is 3. The van der Waals surface area contributed by atoms with Crippen LogP contribution < -0.4 is 16.1 Å². The maximum Gasteiger partial charge on any atom is 0.267 e. The second-order valence-electron chi connectivity index (χ2n) is 8.25. The largest absolute Gasteiger partial charge is 0.379 e. The monoisotopic (exact) mass is 490 g/mol. The predicted octanol–water partition coefficient (Wildman–Crippen LogP) is 1.32. The van der Waals surface area contributed by atoms with E-state index in [1.807, 2.05) is 18.2 Å². The lowest BCUT2D eigenvalue weighted by Crippen LogP contribution is -2.51. The van der Waals surface area contributed by atoms with Crippen LogP contribution in [0, 0.1) is 11.8 Å². The smallest absolute Gasteiger partial charge is 0.267 e. The molecule has 188 valence electrons. The van der Waals surface area contributed by atoms with Crippen molar-refractivity contribution in [2.45, 2.75) is 19.5 Å². The zero-order chi connectivity index (χ0) is 25.8. The van der Waals surface area contributed by atoms with Crippen LogP contribution in [0.4, 0.5) is 0 Å². The minimum absolute atomic E-state index is 0.149. The first-order chi connectivity index (χ1) is 17.4. The molecule has 0 aromatic heterocycles. The van der Waals surface area contributed by atoms with Gasteiger partial charge < -0.3 is 15.4 Å². The summed E-state index contributed by atoms with van der Waals surface area (Å²) in [6, 6.07) is 13.8. The number of carbonyl (C=O) groups is 3. The molecule has 0 unspecified atom stereocenters. The highest BCUT2D eigenvalue weighted by Crippen LogP contribution is 2.09. The number of allylic oxidation sites excluding steroid dienone is 1. The highest BCUT2D eigenvalue weighted by Gasteiger charge is 2.21. The highest BCUT2D eigenvalue weighted by molar-refractivity contribution is 5.97. The minimum atomic E-state index is -1.12. The lowest BCUT2D eigenvalue weighted by Gasteiger charge is -2.26. The van der Waals surface area contributed by atoms with Crippen LogP contribution in [0.25, 0.3) is 6.08 Å². The van der Waals surface area contributed by atoms with Crippen molar-refractivity contribution in [2.24, 2.45) is 0 Å². The molecule has 4 N–H and O–H groups in total. The first kappa shape index (κ1) is 26.6. The lowest BCUT2D eigenvalue weighted by molar-refractivity contribution is -0.131. The van der Waals surface area contributed by atoms with Crippen LogP contribution in [0.2, 0.25) is 0 Å². The Morgan fingerprint density at radius 2 is 1.78 bits per heavy atom. The second-order valence-corrected chi connectivity index (χ2v) is 8.25. The molecule has 0 spiro atoms. The van der Waals surface area contributed by atoms with Crippen LogP contribution >= 0.6 is 0 Å². The van der Waals surface area contributed by atoms with Crippen molar-refractivity contribution in [3.05, 3.63) is 76.9 Å². The normalized spacial score (nSPS) is 14.4. The van der Waals surface area contributed by atoms with Gasteiger partial charge in [-0.2, -0.15) is 0 Å². The molecule has 36 heavy (non-hydrogen) atoms. The molecule has 1 atom stereocenters. The van der Waals surface area contributed by atoms with Gasteiger partial charge >= 0.3 is 0 Å². The van der Waals surface area contributed by atoms with Gasteiger partial charge in [0, 0.05) is 44.2 Å². The SMILES string of the molecule is CC(=O)NC[C@H](NC(=O)c1ccc(C=CC#Cc2ccc(CN3CCOCC3)cc2)cc1)C(=O)NO. The molecule has 2 aromatic carbocycles. The van der Waals surface area contributed by atoms with Crippen molar-refractivity contribution in [1.29, 1.82) is 0 Å². The number of hydrogen-bond donors (Lipinski definition) is 4. The standard InChI is InChI=1S/C27H30N4O5/c1-20(32)28-18-25(27(34)30-35)29-26(33)24-12-10-22(11-13-24)5-3-2-4-21-6-8-23(9-7-21)19-31-14-16-36-17-15-31/h3,5-13,25,35H,14-19H2,1H3,(H,28,32)(H,29,33)(H,30,34)/t25-/m0/s1. The van der Waals surface area contributed by atoms with E-state index in [1.165, 1.54) is 18.0 Å². The summed E-state index contributed by atoms with van der Waals surface area (Å²) in [5.74, 6) is 4.42. The fourth-order valence-electron chi connectivity index (χ4n) is 3.49. The third-order valence-corrected chi connectivity index (χ3v) is 5.50. The van der Waals surface area contributed by atoms with Gasteiger partial charge in [-0.25, -0.2) is 5.48 Å². The summed E-state index contributed by atoms with van der Waals surface area (Å²) in [5, 5.41) is 13.8. The molecule has 1 fully saturated rings. The molecule has 1 saturated heterocycles. The van der Waals surface area contributed by atoms with Crippen LogP contribution in [0.15, 0.2) is 54.6 Å². The van der Waals surface area contributed by atoms with Crippen molar-refractivity contribution in [2.75, 3.05) is 32.8 Å². The maximum absolute atomic E-state index is 12.5. The average Bonchev–Trinajstić information content (AvgIpc) is 2.90. The van der Waals surface area contributed by atoms with Crippen LogP contribution in [-0.4, -0.2) is 66.7 Å². The third kappa shape index (κ3) is 8.67. The van der Waals surface area contributed by atoms with Crippen LogP contribution in [0.1, 0.15) is 34.0 Å². The number of rotatable bonds is 8. The molecule has 1 aliphatic heterocycles. The molecule has 0 bridgehead atoms. The van der Waals surface area contributed by atoms with Crippen LogP contribution in [-0.2, 0) is 20.9 Å². The quantitative estimate of drug-likeness (QED) is 0.252. The number of hydrogen-bond acceptors (Lipinski definition) is 6. The van der Waals surface area contributed by atoms with E-state index in [-0.39, 0.29) is 12.5 Å². The lowest BCUT2D eigenvalue weighted by atomic mass is 10.1. The van der Waals surface area contributed by atoms with E-state index in [1.54, 1.807) is 30.3 Å². The van der Waals surface area contributed by atoms with E-state index in [0.29, 0.717) is 5.56 Å². The van der Waals surface area contributed by atoms with E-state index >= 15 is 0 Å². The van der Waals surface area contributed by atoms with E-state index in [4.69, 9.17) is 9.94 Å². The van der Waals surface area contributed by atoms with Crippen molar-refractivity contribution >= 4 is 23.8 Å². The Morgan fingerprint density at radius 3 is 2.42 bits per heavy atom. The molecule has 9 nitrogen and oxygen atoms in total. The maximum atomic E-state index is 12.5. The summed E-state index contributed by atoms with van der Waals surface area (Å²) in [6.45, 7) is 5.54. The Morgan fingerprint density at radius 1 is 1.08 bits per heavy atom. The van der Waals surface area contributed by atoms with E-state index in [2.05, 4.69) is 39.5 Å². The van der Waals surface area contributed by atoms with Crippen molar-refractivity contribution in [1.82, 2.24) is 21.0 Å². The number of amides is 3. The average molecular weight is 491 g/mol. The van der Waals surface area contributed by atoms with E-state index in [0.717, 1.165) is 44.0 Å². The zero-order valence-corrected chi connectivity index (χ0v) is 20.1. The molecule has 3 amide bonds. The van der Waals surface area contributed by atoms with Gasteiger partial charge in [0.25, 0.3) is 11.8 Å². The number of ether oxygens (including phenoxy) is 1. The van der Waals surface area contributed by atoms with E-state index in [9.17, 15) is 14.4 Å². The van der Waals surface area contributed by atoms with Gasteiger partial charge in [-0.3, -0.25) is 24.5 Å². The Labute approximate surface area is 210 Å². The molecule has 1 aliphatic rings. The van der Waals surface area contributed by atoms with Crippen LogP contribution in [0.5, 0.6) is 0 Å². The molecule has 2 aromatic rings. The third-order valence-electron chi connectivity index (χ3n) is 5.50. The Bertz CT molecular complexity index is 1130. The van der Waals surface area contributed by atoms with Crippen molar-refractivity contribution in [3.63, 3.8) is 0 Å². The number of nitrogens with zero attached hydrogens (tertiary/aromatic N) is 1. The molecule has 1 heterocycles. The first-order valence-electron chi connectivity index (χ1n) is 11.6. The Hall–Kier alpha value is -3.97. The molecule has 0 aliphatic carbocycles. The molecule has 9 heteroatoms. The summed E-state index contributed by atoms with van der Waals surface area (Å²) in [4.78, 5) is 37.6. The highest BCUT2D eigenvalue weighted by atomic mass is 16.5. The number of hydroxylamine groups is 1. The van der Waals surface area contributed by atoms with Crippen molar-refractivity contribution < 1.29 is 24.3 Å². The summed E-state index contributed by atoms with van der Waals surface area (Å²) in [6.07, 6.45) is 3.58.